The maximum absolute atomic E-state index is 12.0. The van der Waals surface area contributed by atoms with Crippen molar-refractivity contribution in [1.29, 1.82) is 0 Å². The van der Waals surface area contributed by atoms with Gasteiger partial charge in [0.2, 0.25) is 0 Å². The minimum Gasteiger partial charge on any atom is -0.390 e. The van der Waals surface area contributed by atoms with E-state index in [1.165, 1.54) is 6.20 Å². The van der Waals surface area contributed by atoms with Gasteiger partial charge in [-0.25, -0.2) is 4.79 Å². The van der Waals surface area contributed by atoms with Crippen LogP contribution in [0.15, 0.2) is 21.9 Å². The summed E-state index contributed by atoms with van der Waals surface area (Å²) in [6.07, 6.45) is -0.0894. The number of hydrogen-bond acceptors (Lipinski definition) is 5. The summed E-state index contributed by atoms with van der Waals surface area (Å²) in [6.45, 7) is 0. The molecule has 1 aromatic rings. The highest BCUT2D eigenvalue weighted by atomic mass is 31.2. The van der Waals surface area contributed by atoms with E-state index in [9.17, 15) is 19.3 Å². The van der Waals surface area contributed by atoms with Crippen LogP contribution in [0.25, 0.3) is 0 Å². The fourth-order valence-electron chi connectivity index (χ4n) is 2.08. The van der Waals surface area contributed by atoms with Crippen LogP contribution in [-0.4, -0.2) is 44.5 Å². The number of nitrogens with zero attached hydrogens (tertiary/aromatic N) is 1. The maximum Gasteiger partial charge on any atom is 0.328 e. The Bertz CT molecular complexity index is 577. The van der Waals surface area contributed by atoms with Gasteiger partial charge in [-0.2, -0.15) is 0 Å². The molecule has 0 unspecified atom stereocenters. The Hall–Kier alpha value is -1.17. The Balaban J connectivity index is 2.39. The zero-order valence-electron chi connectivity index (χ0n) is 8.94. The van der Waals surface area contributed by atoms with Gasteiger partial charge in [0.1, 0.15) is 7.14 Å². The number of aromatic amines is 1. The molecule has 2 rings (SSSR count). The van der Waals surface area contributed by atoms with Gasteiger partial charge in [0, 0.05) is 24.6 Å². The fourth-order valence-corrected chi connectivity index (χ4v) is 4.48. The summed E-state index contributed by atoms with van der Waals surface area (Å²) >= 11 is 0. The van der Waals surface area contributed by atoms with E-state index in [0.29, 0.717) is 0 Å². The van der Waals surface area contributed by atoms with Crippen LogP contribution in [0.3, 0.4) is 0 Å². The minimum atomic E-state index is -2.81. The van der Waals surface area contributed by atoms with Crippen molar-refractivity contribution >= 4 is 7.14 Å². The van der Waals surface area contributed by atoms with Crippen LogP contribution in [0.5, 0.6) is 0 Å². The van der Waals surface area contributed by atoms with Crippen molar-refractivity contribution in [3.05, 3.63) is 33.1 Å². The normalized spacial score (nSPS) is 32.8. The first-order chi connectivity index (χ1) is 7.95. The molecule has 1 aromatic heterocycles. The van der Waals surface area contributed by atoms with Crippen LogP contribution in [0.2, 0.25) is 0 Å². The average Bonchev–Trinajstić information content (AvgIpc) is 2.55. The Kier molecular flexibility index (Phi) is 3.07. The summed E-state index contributed by atoms with van der Waals surface area (Å²) in [5, 5.41) is 18.8. The molecule has 0 saturated carbocycles. The molecular formula is C9H13N2O5P. The lowest BCUT2D eigenvalue weighted by Crippen LogP contribution is -2.35. The van der Waals surface area contributed by atoms with Crippen molar-refractivity contribution in [2.24, 2.45) is 0 Å². The van der Waals surface area contributed by atoms with Gasteiger partial charge in [0.05, 0.1) is 18.5 Å². The summed E-state index contributed by atoms with van der Waals surface area (Å²) in [7, 11) is -2.81. The third-order valence-corrected chi connectivity index (χ3v) is 5.54. The Morgan fingerprint density at radius 2 is 2.18 bits per heavy atom. The summed E-state index contributed by atoms with van der Waals surface area (Å²) in [4.78, 5) is 24.5. The molecule has 3 atom stereocenters. The maximum atomic E-state index is 12.0. The number of hydrogen-bond donors (Lipinski definition) is 3. The van der Waals surface area contributed by atoms with Gasteiger partial charge in [-0.3, -0.25) is 14.3 Å². The number of aliphatic hydroxyl groups excluding tert-OH is 2. The zero-order valence-corrected chi connectivity index (χ0v) is 9.84. The van der Waals surface area contributed by atoms with Crippen LogP contribution in [0.1, 0.15) is 6.04 Å². The molecule has 1 fully saturated rings. The fraction of sp³-hybridized carbons (Fsp3) is 0.556. The highest BCUT2D eigenvalue weighted by Crippen LogP contribution is 2.54. The van der Waals surface area contributed by atoms with E-state index in [1.54, 1.807) is 0 Å². The van der Waals surface area contributed by atoms with Crippen molar-refractivity contribution < 1.29 is 14.8 Å². The summed E-state index contributed by atoms with van der Waals surface area (Å²) in [5.74, 6) is 0. The molecule has 7 nitrogen and oxygen atoms in total. The number of aromatic nitrogens is 2. The molecule has 0 aliphatic carbocycles. The highest BCUT2D eigenvalue weighted by Gasteiger charge is 2.41. The second kappa shape index (κ2) is 4.25. The molecule has 8 heteroatoms. The molecular weight excluding hydrogens is 247 g/mol. The predicted molar refractivity (Wildman–Crippen MR) is 60.8 cm³/mol. The molecule has 94 valence electrons. The molecule has 0 spiro atoms. The molecule has 0 amide bonds. The van der Waals surface area contributed by atoms with E-state index in [1.807, 2.05) is 0 Å². The van der Waals surface area contributed by atoms with Crippen molar-refractivity contribution in [2.75, 3.05) is 18.7 Å². The molecule has 0 bridgehead atoms. The van der Waals surface area contributed by atoms with E-state index >= 15 is 0 Å². The average molecular weight is 260 g/mol. The van der Waals surface area contributed by atoms with Crippen LogP contribution in [-0.2, 0) is 4.57 Å². The first-order valence-electron chi connectivity index (χ1n) is 5.13. The third kappa shape index (κ3) is 2.26. The van der Waals surface area contributed by atoms with E-state index in [2.05, 4.69) is 4.98 Å². The van der Waals surface area contributed by atoms with Gasteiger partial charge in [0.25, 0.3) is 5.56 Å². The van der Waals surface area contributed by atoms with Gasteiger partial charge in [-0.05, 0) is 0 Å². The van der Waals surface area contributed by atoms with Crippen molar-refractivity contribution in [3.63, 3.8) is 0 Å². The van der Waals surface area contributed by atoms with Gasteiger partial charge < -0.3 is 14.8 Å². The second-order valence-corrected chi connectivity index (χ2v) is 7.35. The van der Waals surface area contributed by atoms with Crippen LogP contribution in [0, 0.1) is 0 Å². The van der Waals surface area contributed by atoms with E-state index in [4.69, 9.17) is 5.11 Å². The van der Waals surface area contributed by atoms with Crippen LogP contribution in [0.4, 0.5) is 0 Å². The lowest BCUT2D eigenvalue weighted by atomic mass is 10.2. The first-order valence-corrected chi connectivity index (χ1v) is 7.39. The number of rotatable bonds is 2. The number of H-pyrrole nitrogens is 1. The summed E-state index contributed by atoms with van der Waals surface area (Å²) in [6, 6.07) is 0.508. The SMILES string of the molecule is O=c1ccn([C@@H]2C[P@](=O)(CO)C[C@H]2O)c(=O)[nH]1. The summed E-state index contributed by atoms with van der Waals surface area (Å²) in [5.41, 5.74) is -1.17. The molecule has 3 N–H and O–H groups in total. The molecule has 1 aliphatic heterocycles. The molecule has 0 radical (unpaired) electrons. The predicted octanol–water partition coefficient (Wildman–Crippen LogP) is -1.23. The van der Waals surface area contributed by atoms with Gasteiger partial charge >= 0.3 is 5.69 Å². The van der Waals surface area contributed by atoms with Crippen molar-refractivity contribution in [1.82, 2.24) is 9.55 Å². The monoisotopic (exact) mass is 260 g/mol. The minimum absolute atomic E-state index is 0.000265. The van der Waals surface area contributed by atoms with Crippen LogP contribution >= 0.6 is 7.14 Å². The van der Waals surface area contributed by atoms with Crippen molar-refractivity contribution in [2.45, 2.75) is 12.1 Å². The van der Waals surface area contributed by atoms with Gasteiger partial charge in [-0.1, -0.05) is 0 Å². The Morgan fingerprint density at radius 3 is 2.71 bits per heavy atom. The zero-order chi connectivity index (χ0) is 12.6. The van der Waals surface area contributed by atoms with Crippen molar-refractivity contribution in [3.8, 4) is 0 Å². The van der Waals surface area contributed by atoms with E-state index in [-0.39, 0.29) is 12.3 Å². The van der Waals surface area contributed by atoms with Crippen LogP contribution < -0.4 is 11.2 Å². The molecule has 17 heavy (non-hydrogen) atoms. The standard InChI is InChI=1S/C9H13N2O5P/c12-5-17(16)3-6(7(13)4-17)11-2-1-8(14)10-9(11)15/h1-2,6-7,12-13H,3-5H2,(H,10,14,15)/t6-,7-,17-/m1/s1. The van der Waals surface area contributed by atoms with Gasteiger partial charge in [-0.15, -0.1) is 0 Å². The molecule has 1 saturated heterocycles. The molecule has 0 aromatic carbocycles. The first kappa shape index (κ1) is 12.3. The number of nitrogens with one attached hydrogen (secondary N) is 1. The topological polar surface area (TPSA) is 112 Å². The highest BCUT2D eigenvalue weighted by molar-refractivity contribution is 7.64. The number of aliphatic hydroxyl groups is 2. The third-order valence-electron chi connectivity index (χ3n) is 2.95. The summed E-state index contributed by atoms with van der Waals surface area (Å²) < 4.78 is 13.1. The molecule has 1 aliphatic rings. The Labute approximate surface area is 96.1 Å². The Morgan fingerprint density at radius 1 is 1.47 bits per heavy atom. The largest absolute Gasteiger partial charge is 0.390 e. The van der Waals surface area contributed by atoms with Gasteiger partial charge in [0.15, 0.2) is 0 Å². The lowest BCUT2D eigenvalue weighted by molar-refractivity contribution is 0.150. The molecule has 2 heterocycles. The van der Waals surface area contributed by atoms with E-state index in [0.717, 1.165) is 10.6 Å². The second-order valence-electron chi connectivity index (χ2n) is 4.22. The quantitative estimate of drug-likeness (QED) is 0.576. The smallest absolute Gasteiger partial charge is 0.328 e. The lowest BCUT2D eigenvalue weighted by Gasteiger charge is -2.15. The van der Waals surface area contributed by atoms with E-state index < -0.39 is 36.9 Å².